The topological polar surface area (TPSA) is 41.5 Å². The van der Waals surface area contributed by atoms with Gasteiger partial charge >= 0.3 is 0 Å². The molecule has 2 N–H and O–H groups in total. The van der Waals surface area contributed by atoms with Crippen molar-refractivity contribution in [2.24, 2.45) is 0 Å². The molecule has 3 heteroatoms. The Hall–Kier alpha value is -0.120. The minimum Gasteiger partial charge on any atom is -0.292 e. The van der Waals surface area contributed by atoms with Crippen LogP contribution in [0.5, 0.6) is 0 Å². The highest BCUT2D eigenvalue weighted by Gasteiger charge is 1.79. The maximum absolute atomic E-state index is 7.82. The molecule has 0 aliphatic carbocycles. The van der Waals surface area contributed by atoms with E-state index in [-0.39, 0.29) is 0 Å². The van der Waals surface area contributed by atoms with Crippen LogP contribution in [0.2, 0.25) is 0 Å². The molecule has 0 bridgehead atoms. The van der Waals surface area contributed by atoms with Gasteiger partial charge in [-0.05, 0) is 6.42 Å². The lowest BCUT2D eigenvalue weighted by Crippen LogP contribution is -2.08. The zero-order chi connectivity index (χ0) is 5.54. The molecule has 0 amide bonds. The van der Waals surface area contributed by atoms with Crippen LogP contribution in [0.4, 0.5) is 0 Å². The van der Waals surface area contributed by atoms with Crippen molar-refractivity contribution in [2.75, 3.05) is 6.61 Å². The smallest absolute Gasteiger partial charge is 0.0708 e. The number of hydrogen-bond acceptors (Lipinski definition) is 3. The molecule has 0 rings (SSSR count). The highest BCUT2D eigenvalue weighted by Crippen LogP contribution is 1.83. The minimum absolute atomic E-state index is 0.576. The Morgan fingerprint density at radius 1 is 1.71 bits per heavy atom. The third-order valence-electron chi connectivity index (χ3n) is 0.665. The van der Waals surface area contributed by atoms with Gasteiger partial charge in [0.15, 0.2) is 0 Å². The van der Waals surface area contributed by atoms with Crippen LogP contribution in [0.25, 0.3) is 0 Å². The number of rotatable bonds is 4. The summed E-state index contributed by atoms with van der Waals surface area (Å²) in [6.07, 6.45) is 2.06. The summed E-state index contributed by atoms with van der Waals surface area (Å²) in [4.78, 5) is 4.38. The second-order valence-corrected chi connectivity index (χ2v) is 1.29. The highest BCUT2D eigenvalue weighted by atomic mass is 16.8. The Bertz CT molecular complexity index is 28.9. The van der Waals surface area contributed by atoms with Crippen LogP contribution in [0.15, 0.2) is 0 Å². The molecular formula is C4H11NO2. The van der Waals surface area contributed by atoms with E-state index < -0.39 is 0 Å². The van der Waals surface area contributed by atoms with E-state index in [0.717, 1.165) is 12.8 Å². The van der Waals surface area contributed by atoms with Crippen LogP contribution in [-0.2, 0) is 4.84 Å². The van der Waals surface area contributed by atoms with Crippen molar-refractivity contribution in [1.82, 2.24) is 5.64 Å². The summed E-state index contributed by atoms with van der Waals surface area (Å²) >= 11 is 0. The van der Waals surface area contributed by atoms with E-state index in [1.54, 1.807) is 5.64 Å². The van der Waals surface area contributed by atoms with Gasteiger partial charge in [-0.15, -0.1) is 0 Å². The van der Waals surface area contributed by atoms with Crippen LogP contribution in [0, 0.1) is 0 Å². The van der Waals surface area contributed by atoms with Gasteiger partial charge < -0.3 is 0 Å². The molecule has 0 saturated heterocycles. The maximum atomic E-state index is 7.82. The van der Waals surface area contributed by atoms with E-state index in [9.17, 15) is 0 Å². The van der Waals surface area contributed by atoms with Gasteiger partial charge in [0.05, 0.1) is 6.61 Å². The molecule has 0 atom stereocenters. The molecule has 0 unspecified atom stereocenters. The first-order valence-corrected chi connectivity index (χ1v) is 2.42. The van der Waals surface area contributed by atoms with E-state index in [2.05, 4.69) is 11.8 Å². The van der Waals surface area contributed by atoms with E-state index >= 15 is 0 Å². The Morgan fingerprint density at radius 3 is 2.86 bits per heavy atom. The van der Waals surface area contributed by atoms with Crippen LogP contribution < -0.4 is 5.64 Å². The summed E-state index contributed by atoms with van der Waals surface area (Å²) in [5, 5.41) is 7.82. The Labute approximate surface area is 43.2 Å². The van der Waals surface area contributed by atoms with E-state index in [0.29, 0.717) is 6.61 Å². The van der Waals surface area contributed by atoms with Crippen molar-refractivity contribution in [1.29, 1.82) is 0 Å². The van der Waals surface area contributed by atoms with E-state index in [1.807, 2.05) is 0 Å². The lowest BCUT2D eigenvalue weighted by atomic mass is 10.4. The molecule has 7 heavy (non-hydrogen) atoms. The van der Waals surface area contributed by atoms with Gasteiger partial charge in [0.2, 0.25) is 0 Å². The molecule has 0 aliphatic rings. The predicted octanol–water partition coefficient (Wildman–Crippen LogP) is 0.697. The fraction of sp³-hybridized carbons (Fsp3) is 1.00. The molecule has 0 aliphatic heterocycles. The molecule has 0 heterocycles. The molecular weight excluding hydrogens is 94.0 g/mol. The summed E-state index contributed by atoms with van der Waals surface area (Å²) in [6.45, 7) is 2.63. The van der Waals surface area contributed by atoms with E-state index in [1.165, 1.54) is 0 Å². The molecule has 0 saturated carbocycles. The summed E-state index contributed by atoms with van der Waals surface area (Å²) in [5.41, 5.74) is 1.60. The first-order valence-electron chi connectivity index (χ1n) is 2.42. The lowest BCUT2D eigenvalue weighted by Gasteiger charge is -1.94. The average molecular weight is 105 g/mol. The van der Waals surface area contributed by atoms with Crippen LogP contribution >= 0.6 is 0 Å². The van der Waals surface area contributed by atoms with Gasteiger partial charge in [0.1, 0.15) is 0 Å². The number of nitrogens with one attached hydrogen (secondary N) is 1. The van der Waals surface area contributed by atoms with Crippen molar-refractivity contribution in [3.63, 3.8) is 0 Å². The van der Waals surface area contributed by atoms with Gasteiger partial charge in [-0.3, -0.25) is 10.0 Å². The zero-order valence-corrected chi connectivity index (χ0v) is 4.48. The fourth-order valence-corrected chi connectivity index (χ4v) is 0.262. The summed E-state index contributed by atoms with van der Waals surface area (Å²) in [7, 11) is 0. The van der Waals surface area contributed by atoms with Gasteiger partial charge in [0, 0.05) is 0 Å². The van der Waals surface area contributed by atoms with Crippen LogP contribution in [0.1, 0.15) is 19.8 Å². The highest BCUT2D eigenvalue weighted by molar-refractivity contribution is 4.25. The molecule has 0 radical (unpaired) electrons. The zero-order valence-electron chi connectivity index (χ0n) is 4.48. The molecule has 0 aromatic rings. The van der Waals surface area contributed by atoms with Crippen LogP contribution in [-0.4, -0.2) is 11.8 Å². The standard InChI is InChI=1S/C4H11NO2/c1-2-3-4-7-5-6/h5-6H,2-4H2,1H3. The maximum Gasteiger partial charge on any atom is 0.0708 e. The number of unbranched alkanes of at least 4 members (excludes halogenated alkanes) is 1. The van der Waals surface area contributed by atoms with Gasteiger partial charge in [-0.2, -0.15) is 0 Å². The van der Waals surface area contributed by atoms with Gasteiger partial charge in [-0.25, -0.2) is 0 Å². The summed E-state index contributed by atoms with van der Waals surface area (Å²) < 4.78 is 0. The second-order valence-electron chi connectivity index (χ2n) is 1.29. The van der Waals surface area contributed by atoms with Crippen molar-refractivity contribution in [3.05, 3.63) is 0 Å². The fourth-order valence-electron chi connectivity index (χ4n) is 0.262. The van der Waals surface area contributed by atoms with Crippen molar-refractivity contribution >= 4 is 0 Å². The molecule has 0 aromatic carbocycles. The average Bonchev–Trinajstić information content (AvgIpc) is 1.69. The normalized spacial score (nSPS) is 9.43. The Morgan fingerprint density at radius 2 is 2.43 bits per heavy atom. The summed E-state index contributed by atoms with van der Waals surface area (Å²) in [5.74, 6) is 0. The Balaban J connectivity index is 2.45. The molecule has 44 valence electrons. The number of hydrogen-bond donors (Lipinski definition) is 2. The van der Waals surface area contributed by atoms with Gasteiger partial charge in [0.25, 0.3) is 0 Å². The monoisotopic (exact) mass is 105 g/mol. The molecule has 0 spiro atoms. The first kappa shape index (κ1) is 6.88. The minimum atomic E-state index is 0.576. The molecule has 3 nitrogen and oxygen atoms in total. The van der Waals surface area contributed by atoms with Crippen molar-refractivity contribution in [2.45, 2.75) is 19.8 Å². The quantitative estimate of drug-likeness (QED) is 0.408. The van der Waals surface area contributed by atoms with Crippen LogP contribution in [0.3, 0.4) is 0 Å². The molecule has 0 aromatic heterocycles. The SMILES string of the molecule is CCCCONO. The molecule has 0 fully saturated rings. The lowest BCUT2D eigenvalue weighted by molar-refractivity contribution is -0.127. The van der Waals surface area contributed by atoms with Crippen molar-refractivity contribution in [3.8, 4) is 0 Å². The van der Waals surface area contributed by atoms with Crippen molar-refractivity contribution < 1.29 is 10.0 Å². The van der Waals surface area contributed by atoms with E-state index in [4.69, 9.17) is 5.21 Å². The van der Waals surface area contributed by atoms with Gasteiger partial charge in [-0.1, -0.05) is 19.0 Å². The first-order chi connectivity index (χ1) is 3.41. The third-order valence-corrected chi connectivity index (χ3v) is 0.665. The third kappa shape index (κ3) is 5.88. The largest absolute Gasteiger partial charge is 0.292 e. The Kier molecular flexibility index (Phi) is 5.78. The predicted molar refractivity (Wildman–Crippen MR) is 25.8 cm³/mol. The summed E-state index contributed by atoms with van der Waals surface area (Å²) in [6, 6.07) is 0. The second kappa shape index (κ2) is 5.88.